The molecule has 13 heavy (non-hydrogen) atoms. The molecule has 2 N–H and O–H groups in total. The number of hydrogen-bond acceptors (Lipinski definition) is 1. The molecule has 0 aliphatic rings. The molecule has 0 saturated heterocycles. The van der Waals surface area contributed by atoms with Crippen LogP contribution in [0.2, 0.25) is 5.02 Å². The third kappa shape index (κ3) is 2.68. The summed E-state index contributed by atoms with van der Waals surface area (Å²) >= 11 is 5.55. The van der Waals surface area contributed by atoms with Gasteiger partial charge in [0.2, 0.25) is 0 Å². The van der Waals surface area contributed by atoms with Crippen molar-refractivity contribution in [1.82, 2.24) is 0 Å². The van der Waals surface area contributed by atoms with Crippen molar-refractivity contribution in [3.8, 4) is 0 Å². The lowest BCUT2D eigenvalue weighted by molar-refractivity contribution is 0.605. The van der Waals surface area contributed by atoms with E-state index in [2.05, 4.69) is 0 Å². The SMILES string of the molecule is CCC[C@H](N)c1ccc(Cl)c(F)c1. The van der Waals surface area contributed by atoms with Gasteiger partial charge in [-0.3, -0.25) is 0 Å². The van der Waals surface area contributed by atoms with Crippen LogP contribution in [0.1, 0.15) is 31.4 Å². The van der Waals surface area contributed by atoms with Crippen LogP contribution in [-0.2, 0) is 0 Å². The van der Waals surface area contributed by atoms with E-state index in [1.54, 1.807) is 12.1 Å². The van der Waals surface area contributed by atoms with Crippen LogP contribution in [0.3, 0.4) is 0 Å². The Balaban J connectivity index is 2.84. The Bertz CT molecular complexity index is 288. The molecule has 0 aliphatic carbocycles. The molecule has 1 aromatic carbocycles. The fraction of sp³-hybridized carbons (Fsp3) is 0.400. The Morgan fingerprint density at radius 3 is 2.77 bits per heavy atom. The van der Waals surface area contributed by atoms with Crippen molar-refractivity contribution in [3.05, 3.63) is 34.6 Å². The highest BCUT2D eigenvalue weighted by atomic mass is 35.5. The van der Waals surface area contributed by atoms with Gasteiger partial charge in [-0.2, -0.15) is 0 Å². The molecule has 1 aromatic rings. The van der Waals surface area contributed by atoms with Gasteiger partial charge in [0.1, 0.15) is 5.82 Å². The first kappa shape index (κ1) is 10.5. The van der Waals surface area contributed by atoms with E-state index in [0.717, 1.165) is 18.4 Å². The molecule has 0 aromatic heterocycles. The van der Waals surface area contributed by atoms with Crippen molar-refractivity contribution >= 4 is 11.6 Å². The molecular formula is C10H13ClFN. The Labute approximate surface area is 82.7 Å². The maximum absolute atomic E-state index is 13.0. The largest absolute Gasteiger partial charge is 0.324 e. The first-order chi connectivity index (χ1) is 6.15. The quantitative estimate of drug-likeness (QED) is 0.798. The van der Waals surface area contributed by atoms with Gasteiger partial charge in [0, 0.05) is 6.04 Å². The van der Waals surface area contributed by atoms with E-state index in [4.69, 9.17) is 17.3 Å². The van der Waals surface area contributed by atoms with Crippen molar-refractivity contribution in [2.24, 2.45) is 5.73 Å². The molecule has 1 nitrogen and oxygen atoms in total. The number of rotatable bonds is 3. The van der Waals surface area contributed by atoms with Gasteiger partial charge in [0.05, 0.1) is 5.02 Å². The minimum Gasteiger partial charge on any atom is -0.324 e. The van der Waals surface area contributed by atoms with E-state index in [0.29, 0.717) is 0 Å². The molecule has 1 atom stereocenters. The second kappa shape index (κ2) is 4.58. The second-order valence-corrected chi connectivity index (χ2v) is 3.48. The lowest BCUT2D eigenvalue weighted by Gasteiger charge is -2.10. The Morgan fingerprint density at radius 1 is 1.54 bits per heavy atom. The summed E-state index contributed by atoms with van der Waals surface area (Å²) in [5.74, 6) is -0.397. The Hall–Kier alpha value is -0.600. The predicted octanol–water partition coefficient (Wildman–Crippen LogP) is 3.28. The maximum Gasteiger partial charge on any atom is 0.142 e. The molecule has 3 heteroatoms. The van der Waals surface area contributed by atoms with E-state index >= 15 is 0 Å². The van der Waals surface area contributed by atoms with E-state index in [9.17, 15) is 4.39 Å². The first-order valence-corrected chi connectivity index (χ1v) is 4.73. The van der Waals surface area contributed by atoms with E-state index in [-0.39, 0.29) is 11.1 Å². The number of benzene rings is 1. The monoisotopic (exact) mass is 201 g/mol. The van der Waals surface area contributed by atoms with Crippen molar-refractivity contribution in [2.75, 3.05) is 0 Å². The van der Waals surface area contributed by atoms with E-state index in [1.165, 1.54) is 6.07 Å². The summed E-state index contributed by atoms with van der Waals surface area (Å²) in [6.45, 7) is 2.05. The zero-order valence-electron chi connectivity index (χ0n) is 7.56. The highest BCUT2D eigenvalue weighted by Crippen LogP contribution is 2.21. The average molecular weight is 202 g/mol. The van der Waals surface area contributed by atoms with Gasteiger partial charge in [-0.1, -0.05) is 31.0 Å². The van der Waals surface area contributed by atoms with E-state index in [1.807, 2.05) is 6.92 Å². The minimum atomic E-state index is -0.397. The first-order valence-electron chi connectivity index (χ1n) is 4.35. The van der Waals surface area contributed by atoms with Crippen LogP contribution in [0.15, 0.2) is 18.2 Å². The minimum absolute atomic E-state index is 0.0863. The molecule has 72 valence electrons. The summed E-state index contributed by atoms with van der Waals surface area (Å²) in [7, 11) is 0. The summed E-state index contributed by atoms with van der Waals surface area (Å²) in [5.41, 5.74) is 6.62. The summed E-state index contributed by atoms with van der Waals surface area (Å²) in [4.78, 5) is 0. The smallest absolute Gasteiger partial charge is 0.142 e. The van der Waals surface area contributed by atoms with Gasteiger partial charge >= 0.3 is 0 Å². The van der Waals surface area contributed by atoms with E-state index < -0.39 is 5.82 Å². The van der Waals surface area contributed by atoms with Gasteiger partial charge in [-0.15, -0.1) is 0 Å². The number of hydrogen-bond donors (Lipinski definition) is 1. The average Bonchev–Trinajstić information content (AvgIpc) is 2.10. The molecule has 0 spiro atoms. The highest BCUT2D eigenvalue weighted by molar-refractivity contribution is 6.30. The molecule has 0 aliphatic heterocycles. The third-order valence-corrected chi connectivity index (χ3v) is 2.28. The van der Waals surface area contributed by atoms with Gasteiger partial charge in [-0.05, 0) is 24.1 Å². The molecule has 0 unspecified atom stereocenters. The summed E-state index contributed by atoms with van der Waals surface area (Å²) < 4.78 is 13.0. The van der Waals surface area contributed by atoms with Crippen molar-refractivity contribution in [3.63, 3.8) is 0 Å². The molecule has 0 bridgehead atoms. The molecule has 0 heterocycles. The normalized spacial score (nSPS) is 12.9. The fourth-order valence-electron chi connectivity index (χ4n) is 1.22. The number of halogens is 2. The number of nitrogens with two attached hydrogens (primary N) is 1. The van der Waals surface area contributed by atoms with Gasteiger partial charge in [0.25, 0.3) is 0 Å². The van der Waals surface area contributed by atoms with Crippen LogP contribution in [-0.4, -0.2) is 0 Å². The van der Waals surface area contributed by atoms with Crippen molar-refractivity contribution in [2.45, 2.75) is 25.8 Å². The van der Waals surface area contributed by atoms with Crippen LogP contribution in [0.25, 0.3) is 0 Å². The third-order valence-electron chi connectivity index (χ3n) is 1.97. The zero-order chi connectivity index (χ0) is 9.84. The van der Waals surface area contributed by atoms with Gasteiger partial charge in [-0.25, -0.2) is 4.39 Å². The molecule has 1 rings (SSSR count). The molecule has 0 saturated carbocycles. The lowest BCUT2D eigenvalue weighted by Crippen LogP contribution is -2.09. The van der Waals surface area contributed by atoms with Crippen LogP contribution in [0, 0.1) is 5.82 Å². The fourth-order valence-corrected chi connectivity index (χ4v) is 1.34. The summed E-state index contributed by atoms with van der Waals surface area (Å²) in [5, 5.41) is 0.146. The maximum atomic E-state index is 13.0. The van der Waals surface area contributed by atoms with Crippen molar-refractivity contribution < 1.29 is 4.39 Å². The van der Waals surface area contributed by atoms with Crippen molar-refractivity contribution in [1.29, 1.82) is 0 Å². The Kier molecular flexibility index (Phi) is 3.70. The van der Waals surface area contributed by atoms with Crippen LogP contribution in [0.5, 0.6) is 0 Å². The molecule has 0 fully saturated rings. The van der Waals surface area contributed by atoms with Gasteiger partial charge < -0.3 is 5.73 Å². The highest BCUT2D eigenvalue weighted by Gasteiger charge is 2.07. The summed E-state index contributed by atoms with van der Waals surface area (Å²) in [6, 6.07) is 4.63. The zero-order valence-corrected chi connectivity index (χ0v) is 8.31. The van der Waals surface area contributed by atoms with Gasteiger partial charge in [0.15, 0.2) is 0 Å². The summed E-state index contributed by atoms with van der Waals surface area (Å²) in [6.07, 6.45) is 1.85. The Morgan fingerprint density at radius 2 is 2.23 bits per heavy atom. The van der Waals surface area contributed by atoms with Crippen LogP contribution >= 0.6 is 11.6 Å². The molecule has 0 amide bonds. The molecular weight excluding hydrogens is 189 g/mol. The van der Waals surface area contributed by atoms with Crippen LogP contribution in [0.4, 0.5) is 4.39 Å². The predicted molar refractivity (Wildman–Crippen MR) is 53.2 cm³/mol. The lowest BCUT2D eigenvalue weighted by atomic mass is 10.0. The topological polar surface area (TPSA) is 26.0 Å². The standard InChI is InChI=1S/C10H13ClFN/c1-2-3-10(13)7-4-5-8(11)9(12)6-7/h4-6,10H,2-3,13H2,1H3/t10-/m0/s1. The van der Waals surface area contributed by atoms with Crippen LogP contribution < -0.4 is 5.73 Å². The molecule has 0 radical (unpaired) electrons. The second-order valence-electron chi connectivity index (χ2n) is 3.07.